The van der Waals surface area contributed by atoms with Crippen molar-refractivity contribution < 1.29 is 18.0 Å². The first-order valence-electron chi connectivity index (χ1n) is 9.54. The van der Waals surface area contributed by atoms with Crippen LogP contribution in [0.5, 0.6) is 0 Å². The summed E-state index contributed by atoms with van der Waals surface area (Å²) in [6, 6.07) is 6.30. The van der Waals surface area contributed by atoms with E-state index >= 15 is 0 Å². The number of nitrogens with zero attached hydrogens (tertiary/aromatic N) is 1. The van der Waals surface area contributed by atoms with Gasteiger partial charge in [-0.05, 0) is 43.4 Å². The van der Waals surface area contributed by atoms with Gasteiger partial charge in [-0.1, -0.05) is 25.0 Å². The van der Waals surface area contributed by atoms with Gasteiger partial charge in [0.1, 0.15) is 0 Å². The third-order valence-corrected chi connectivity index (χ3v) is 6.26. The Labute approximate surface area is 160 Å². The first kappa shape index (κ1) is 19.8. The van der Waals surface area contributed by atoms with Crippen molar-refractivity contribution in [3.63, 3.8) is 0 Å². The van der Waals surface area contributed by atoms with Crippen molar-refractivity contribution in [2.45, 2.75) is 43.4 Å². The molecule has 2 fully saturated rings. The Morgan fingerprint density at radius 2 is 1.67 bits per heavy atom. The summed E-state index contributed by atoms with van der Waals surface area (Å²) < 4.78 is 22.5. The van der Waals surface area contributed by atoms with E-state index in [1.807, 2.05) is 4.90 Å². The van der Waals surface area contributed by atoms with Crippen LogP contribution in [-0.2, 0) is 26.0 Å². The molecule has 3 rings (SSSR count). The number of benzene rings is 1. The van der Waals surface area contributed by atoms with Gasteiger partial charge in [0.15, 0.2) is 0 Å². The molecule has 2 atom stereocenters. The number of hydrogen-bond donors (Lipinski definition) is 2. The normalized spacial score (nSPS) is 22.8. The van der Waals surface area contributed by atoms with Crippen LogP contribution in [0.1, 0.15) is 37.7 Å². The Morgan fingerprint density at radius 3 is 2.26 bits per heavy atom. The molecule has 1 aliphatic heterocycles. The molecule has 27 heavy (non-hydrogen) atoms. The molecule has 2 aliphatic rings. The fourth-order valence-corrected chi connectivity index (χ4v) is 4.11. The predicted octanol–water partition coefficient (Wildman–Crippen LogP) is 1.03. The third-order valence-electron chi connectivity index (χ3n) is 5.33. The Morgan fingerprint density at radius 1 is 1.04 bits per heavy atom. The highest BCUT2D eigenvalue weighted by Gasteiger charge is 2.49. The second-order valence-corrected chi connectivity index (χ2v) is 8.98. The SMILES string of the molecule is NS(=O)(=O)c1ccc(CCNC(=O)C2CC2C(=O)N2CCCCCC2)cc1. The lowest BCUT2D eigenvalue weighted by atomic mass is 10.1. The minimum atomic E-state index is -3.69. The summed E-state index contributed by atoms with van der Waals surface area (Å²) in [6.07, 6.45) is 5.70. The van der Waals surface area contributed by atoms with E-state index in [2.05, 4.69) is 5.32 Å². The number of carbonyl (C=O) groups is 2. The van der Waals surface area contributed by atoms with Crippen molar-refractivity contribution in [1.82, 2.24) is 10.2 Å². The number of sulfonamides is 1. The molecule has 148 valence electrons. The van der Waals surface area contributed by atoms with Crippen LogP contribution in [0.4, 0.5) is 0 Å². The number of rotatable bonds is 6. The van der Waals surface area contributed by atoms with Gasteiger partial charge in [-0.3, -0.25) is 9.59 Å². The number of likely N-dealkylation sites (tertiary alicyclic amines) is 1. The molecule has 1 aromatic rings. The Kier molecular flexibility index (Phi) is 6.16. The topological polar surface area (TPSA) is 110 Å². The molecule has 0 spiro atoms. The Bertz CT molecular complexity index is 784. The molecule has 8 heteroatoms. The van der Waals surface area contributed by atoms with Gasteiger partial charge < -0.3 is 10.2 Å². The number of primary sulfonamides is 1. The molecular formula is C19H27N3O4S. The predicted molar refractivity (Wildman–Crippen MR) is 101 cm³/mol. The molecule has 1 heterocycles. The molecule has 1 saturated heterocycles. The first-order chi connectivity index (χ1) is 12.9. The maximum atomic E-state index is 12.5. The molecule has 0 radical (unpaired) electrons. The molecule has 1 aliphatic carbocycles. The lowest BCUT2D eigenvalue weighted by molar-refractivity contribution is -0.134. The van der Waals surface area contributed by atoms with E-state index in [9.17, 15) is 18.0 Å². The van der Waals surface area contributed by atoms with Gasteiger partial charge in [-0.2, -0.15) is 0 Å². The third kappa shape index (κ3) is 5.29. The highest BCUT2D eigenvalue weighted by molar-refractivity contribution is 7.89. The zero-order valence-electron chi connectivity index (χ0n) is 15.4. The smallest absolute Gasteiger partial charge is 0.238 e. The van der Waals surface area contributed by atoms with Crippen LogP contribution in [0.3, 0.4) is 0 Å². The molecular weight excluding hydrogens is 366 g/mol. The van der Waals surface area contributed by atoms with Crippen molar-refractivity contribution in [1.29, 1.82) is 0 Å². The molecule has 1 saturated carbocycles. The lowest BCUT2D eigenvalue weighted by Gasteiger charge is -2.20. The van der Waals surface area contributed by atoms with Crippen molar-refractivity contribution in [3.05, 3.63) is 29.8 Å². The summed E-state index contributed by atoms with van der Waals surface area (Å²) in [7, 11) is -3.69. The second-order valence-electron chi connectivity index (χ2n) is 7.42. The zero-order chi connectivity index (χ0) is 19.4. The molecule has 7 nitrogen and oxygen atoms in total. The maximum absolute atomic E-state index is 12.5. The quantitative estimate of drug-likeness (QED) is 0.752. The molecule has 1 aromatic carbocycles. The highest BCUT2D eigenvalue weighted by atomic mass is 32.2. The lowest BCUT2D eigenvalue weighted by Crippen LogP contribution is -2.35. The van der Waals surface area contributed by atoms with Crippen LogP contribution >= 0.6 is 0 Å². The summed E-state index contributed by atoms with van der Waals surface area (Å²) >= 11 is 0. The van der Waals surface area contributed by atoms with Crippen molar-refractivity contribution in [2.75, 3.05) is 19.6 Å². The van der Waals surface area contributed by atoms with Crippen LogP contribution in [0, 0.1) is 11.8 Å². The van der Waals surface area contributed by atoms with Gasteiger partial charge in [0.25, 0.3) is 0 Å². The van der Waals surface area contributed by atoms with Crippen LogP contribution in [0.25, 0.3) is 0 Å². The summed E-state index contributed by atoms with van der Waals surface area (Å²) in [5.41, 5.74) is 0.913. The number of hydrogen-bond acceptors (Lipinski definition) is 4. The van der Waals surface area contributed by atoms with E-state index in [1.54, 1.807) is 12.1 Å². The van der Waals surface area contributed by atoms with Crippen molar-refractivity contribution >= 4 is 21.8 Å². The fourth-order valence-electron chi connectivity index (χ4n) is 3.59. The number of carbonyl (C=O) groups excluding carboxylic acids is 2. The summed E-state index contributed by atoms with van der Waals surface area (Å²) in [5.74, 6) is -0.289. The minimum Gasteiger partial charge on any atom is -0.356 e. The number of nitrogens with two attached hydrogens (primary N) is 1. The van der Waals surface area contributed by atoms with Crippen LogP contribution in [0.15, 0.2) is 29.2 Å². The minimum absolute atomic E-state index is 0.0654. The monoisotopic (exact) mass is 393 g/mol. The highest BCUT2D eigenvalue weighted by Crippen LogP contribution is 2.40. The van der Waals surface area contributed by atoms with E-state index in [0.717, 1.165) is 31.5 Å². The van der Waals surface area contributed by atoms with Crippen LogP contribution in [0.2, 0.25) is 0 Å². The summed E-state index contributed by atoms with van der Waals surface area (Å²) in [5, 5.41) is 7.96. The van der Waals surface area contributed by atoms with E-state index in [1.165, 1.54) is 25.0 Å². The second kappa shape index (κ2) is 8.39. The molecule has 2 unspecified atom stereocenters. The van der Waals surface area contributed by atoms with Crippen molar-refractivity contribution in [2.24, 2.45) is 17.0 Å². The largest absolute Gasteiger partial charge is 0.356 e. The number of amides is 2. The zero-order valence-corrected chi connectivity index (χ0v) is 16.2. The van der Waals surface area contributed by atoms with Gasteiger partial charge in [0.05, 0.1) is 16.7 Å². The average molecular weight is 394 g/mol. The standard InChI is InChI=1S/C19H27N3O4S/c20-27(25,26)15-7-5-14(6-8-15)9-10-21-18(23)16-13-17(16)19(24)22-11-3-1-2-4-12-22/h5-8,16-17H,1-4,9-13H2,(H,21,23)(H2,20,25,26). The summed E-state index contributed by atoms with van der Waals surface area (Å²) in [4.78, 5) is 26.8. The van der Waals surface area contributed by atoms with Gasteiger partial charge in [0.2, 0.25) is 21.8 Å². The van der Waals surface area contributed by atoms with Gasteiger partial charge in [-0.15, -0.1) is 0 Å². The van der Waals surface area contributed by atoms with E-state index < -0.39 is 10.0 Å². The molecule has 2 amide bonds. The van der Waals surface area contributed by atoms with E-state index in [0.29, 0.717) is 19.4 Å². The van der Waals surface area contributed by atoms with Gasteiger partial charge >= 0.3 is 0 Å². The average Bonchev–Trinajstić information content (AvgIpc) is 3.45. The molecule has 3 N–H and O–H groups in total. The van der Waals surface area contributed by atoms with Crippen LogP contribution < -0.4 is 10.5 Å². The van der Waals surface area contributed by atoms with Crippen molar-refractivity contribution in [3.8, 4) is 0 Å². The van der Waals surface area contributed by atoms with E-state index in [4.69, 9.17) is 5.14 Å². The maximum Gasteiger partial charge on any atom is 0.238 e. The molecule has 0 aromatic heterocycles. The Hall–Kier alpha value is -1.93. The number of nitrogens with one attached hydrogen (secondary N) is 1. The van der Waals surface area contributed by atoms with Gasteiger partial charge in [0, 0.05) is 19.6 Å². The van der Waals surface area contributed by atoms with Gasteiger partial charge in [-0.25, -0.2) is 13.6 Å². The molecule has 0 bridgehead atoms. The first-order valence-corrected chi connectivity index (χ1v) is 11.1. The van der Waals surface area contributed by atoms with E-state index in [-0.39, 0.29) is 28.5 Å². The fraction of sp³-hybridized carbons (Fsp3) is 0.579. The van der Waals surface area contributed by atoms with Crippen LogP contribution in [-0.4, -0.2) is 44.8 Å². The summed E-state index contributed by atoms with van der Waals surface area (Å²) in [6.45, 7) is 2.09. The Balaban J connectivity index is 1.42.